The summed E-state index contributed by atoms with van der Waals surface area (Å²) in [5, 5.41) is 11.6. The van der Waals surface area contributed by atoms with Crippen LogP contribution >= 0.6 is 0 Å². The Kier molecular flexibility index (Phi) is 6.35. The molecular weight excluding hydrogens is 477 g/mol. The number of nitrogens with one attached hydrogen (secondary N) is 1. The fourth-order valence-corrected chi connectivity index (χ4v) is 4.36. The second-order valence-corrected chi connectivity index (χ2v) is 8.46. The third kappa shape index (κ3) is 4.76. The molecule has 3 aromatic rings. The molecular formula is C24H23F3N6O3. The van der Waals surface area contributed by atoms with Gasteiger partial charge in [-0.1, -0.05) is 12.1 Å². The zero-order chi connectivity index (χ0) is 25.3. The van der Waals surface area contributed by atoms with Gasteiger partial charge < -0.3 is 14.7 Å². The average molecular weight is 500 g/mol. The lowest BCUT2D eigenvalue weighted by molar-refractivity contribution is -0.137. The van der Waals surface area contributed by atoms with Gasteiger partial charge in [0.25, 0.3) is 0 Å². The number of hydrogen-bond donors (Lipinski definition) is 2. The number of amides is 2. The Morgan fingerprint density at radius 2 is 2.06 bits per heavy atom. The van der Waals surface area contributed by atoms with Gasteiger partial charge in [-0.05, 0) is 36.8 Å². The van der Waals surface area contributed by atoms with Gasteiger partial charge in [0.15, 0.2) is 5.82 Å². The van der Waals surface area contributed by atoms with Gasteiger partial charge in [-0.25, -0.2) is 14.8 Å². The van der Waals surface area contributed by atoms with E-state index in [-0.39, 0.29) is 31.1 Å². The predicted octanol–water partition coefficient (Wildman–Crippen LogP) is 3.95. The van der Waals surface area contributed by atoms with Crippen molar-refractivity contribution in [1.82, 2.24) is 15.0 Å². The van der Waals surface area contributed by atoms with Crippen molar-refractivity contribution in [2.45, 2.75) is 25.1 Å². The standard InChI is InChI=1S/C24H23F3N6O3/c25-24(26,27)16-4-1-3-15(13-16)18-5-6-19-21(29-18)33(17-8-10-32(19)14-17)23(35)31-20-7-9-28-22(30-20)36-12-2-11-34/h1,3-7,9,13,17,34H,2,8,10-12,14H2,(H,28,30,31,35). The fourth-order valence-electron chi connectivity index (χ4n) is 4.36. The number of nitrogens with zero attached hydrogens (tertiary/aromatic N) is 5. The normalized spacial score (nSPS) is 16.6. The van der Waals surface area contributed by atoms with Gasteiger partial charge >= 0.3 is 18.2 Å². The van der Waals surface area contributed by atoms with Crippen LogP contribution in [-0.2, 0) is 6.18 Å². The van der Waals surface area contributed by atoms with Crippen LogP contribution in [0.15, 0.2) is 48.7 Å². The molecule has 1 atom stereocenters. The van der Waals surface area contributed by atoms with Crippen molar-refractivity contribution in [3.05, 3.63) is 54.2 Å². The van der Waals surface area contributed by atoms with Crippen molar-refractivity contribution in [3.63, 3.8) is 0 Å². The summed E-state index contributed by atoms with van der Waals surface area (Å²) in [4.78, 5) is 29.9. The highest BCUT2D eigenvalue weighted by Crippen LogP contribution is 2.41. The smallest absolute Gasteiger partial charge is 0.416 e. The van der Waals surface area contributed by atoms with E-state index in [1.807, 2.05) is 0 Å². The van der Waals surface area contributed by atoms with E-state index >= 15 is 0 Å². The summed E-state index contributed by atoms with van der Waals surface area (Å²) >= 11 is 0. The monoisotopic (exact) mass is 500 g/mol. The Balaban J connectivity index is 1.44. The van der Waals surface area contributed by atoms with E-state index < -0.39 is 17.8 Å². The molecule has 188 valence electrons. The van der Waals surface area contributed by atoms with Gasteiger partial charge in [-0.3, -0.25) is 10.2 Å². The number of carbonyl (C=O) groups excluding carboxylic acids is 1. The minimum Gasteiger partial charge on any atom is -0.463 e. The number of halogens is 3. The van der Waals surface area contributed by atoms with Gasteiger partial charge in [0.05, 0.1) is 29.6 Å². The number of anilines is 3. The minimum absolute atomic E-state index is 0.0291. The molecule has 1 fully saturated rings. The van der Waals surface area contributed by atoms with E-state index in [0.717, 1.165) is 30.8 Å². The van der Waals surface area contributed by atoms with Gasteiger partial charge in [0, 0.05) is 37.9 Å². The molecule has 2 N–H and O–H groups in total. The van der Waals surface area contributed by atoms with Crippen LogP contribution in [0, 0.1) is 0 Å². The number of alkyl halides is 3. The molecule has 2 aromatic heterocycles. The van der Waals surface area contributed by atoms with Crippen LogP contribution in [-0.4, -0.2) is 58.4 Å². The van der Waals surface area contributed by atoms with E-state index in [9.17, 15) is 18.0 Å². The first kappa shape index (κ1) is 23.8. The molecule has 0 saturated carbocycles. The molecule has 2 aliphatic rings. The number of aliphatic hydroxyl groups excluding tert-OH is 1. The van der Waals surface area contributed by atoms with E-state index in [2.05, 4.69) is 25.2 Å². The van der Waals surface area contributed by atoms with Crippen LogP contribution in [0.3, 0.4) is 0 Å². The number of aromatic nitrogens is 3. The fraction of sp³-hybridized carbons (Fsp3) is 0.333. The first-order valence-corrected chi connectivity index (χ1v) is 11.4. The molecule has 2 amide bonds. The number of aliphatic hydroxyl groups is 1. The molecule has 36 heavy (non-hydrogen) atoms. The maximum Gasteiger partial charge on any atom is 0.416 e. The molecule has 1 saturated heterocycles. The first-order valence-electron chi connectivity index (χ1n) is 11.4. The van der Waals surface area contributed by atoms with Gasteiger partial charge in [0.1, 0.15) is 5.82 Å². The lowest BCUT2D eigenvalue weighted by Crippen LogP contribution is -2.48. The van der Waals surface area contributed by atoms with Crippen molar-refractivity contribution >= 4 is 23.4 Å². The average Bonchev–Trinajstić information content (AvgIpc) is 3.28. The maximum atomic E-state index is 13.4. The van der Waals surface area contributed by atoms with Crippen LogP contribution in [0.5, 0.6) is 6.01 Å². The largest absolute Gasteiger partial charge is 0.463 e. The molecule has 0 spiro atoms. The van der Waals surface area contributed by atoms with Crippen LogP contribution in [0.1, 0.15) is 18.4 Å². The summed E-state index contributed by atoms with van der Waals surface area (Å²) in [7, 11) is 0. The summed E-state index contributed by atoms with van der Waals surface area (Å²) in [6, 6.07) is 9.40. The minimum atomic E-state index is -4.47. The third-order valence-electron chi connectivity index (χ3n) is 6.06. The number of benzene rings is 1. The van der Waals surface area contributed by atoms with E-state index in [4.69, 9.17) is 9.84 Å². The van der Waals surface area contributed by atoms with Crippen molar-refractivity contribution in [1.29, 1.82) is 0 Å². The van der Waals surface area contributed by atoms with Crippen molar-refractivity contribution in [2.24, 2.45) is 0 Å². The Labute approximate surface area is 204 Å². The van der Waals surface area contributed by atoms with Crippen molar-refractivity contribution in [3.8, 4) is 17.3 Å². The summed E-state index contributed by atoms with van der Waals surface area (Å²) in [6.45, 7) is 1.57. The molecule has 2 bridgehead atoms. The van der Waals surface area contributed by atoms with E-state index in [1.165, 1.54) is 18.3 Å². The Morgan fingerprint density at radius 3 is 2.86 bits per heavy atom. The highest BCUT2D eigenvalue weighted by molar-refractivity contribution is 6.04. The van der Waals surface area contributed by atoms with Crippen LogP contribution in [0.2, 0.25) is 0 Å². The second-order valence-electron chi connectivity index (χ2n) is 8.46. The third-order valence-corrected chi connectivity index (χ3v) is 6.06. The molecule has 2 aliphatic heterocycles. The summed E-state index contributed by atoms with van der Waals surface area (Å²) in [6.07, 6.45) is -1.88. The number of pyridine rings is 1. The topological polar surface area (TPSA) is 104 Å². The molecule has 9 nitrogen and oxygen atoms in total. The van der Waals surface area contributed by atoms with Gasteiger partial charge in [0.2, 0.25) is 0 Å². The molecule has 0 aliphatic carbocycles. The zero-order valence-corrected chi connectivity index (χ0v) is 19.1. The number of fused-ring (bicyclic) bond motifs is 4. The van der Waals surface area contributed by atoms with Crippen molar-refractivity contribution in [2.75, 3.05) is 41.4 Å². The molecule has 12 heteroatoms. The second kappa shape index (κ2) is 9.61. The van der Waals surface area contributed by atoms with Crippen LogP contribution < -0.4 is 19.9 Å². The zero-order valence-electron chi connectivity index (χ0n) is 19.1. The number of carbonyl (C=O) groups is 1. The molecule has 1 unspecified atom stereocenters. The lowest BCUT2D eigenvalue weighted by Gasteiger charge is -2.35. The predicted molar refractivity (Wildman–Crippen MR) is 126 cm³/mol. The summed E-state index contributed by atoms with van der Waals surface area (Å²) < 4.78 is 45.1. The molecule has 0 radical (unpaired) electrons. The van der Waals surface area contributed by atoms with Gasteiger partial charge in [-0.2, -0.15) is 18.2 Å². The highest BCUT2D eigenvalue weighted by atomic mass is 19.4. The molecule has 5 rings (SSSR count). The Hall–Kier alpha value is -3.93. The van der Waals surface area contributed by atoms with E-state index in [0.29, 0.717) is 30.0 Å². The number of urea groups is 1. The van der Waals surface area contributed by atoms with E-state index in [1.54, 1.807) is 23.1 Å². The lowest BCUT2D eigenvalue weighted by atomic mass is 10.1. The summed E-state index contributed by atoms with van der Waals surface area (Å²) in [5.41, 5.74) is 0.618. The quantitative estimate of drug-likeness (QED) is 0.494. The SMILES string of the molecule is O=C(Nc1ccnc(OCCCO)n1)N1c2nc(-c3cccc(C(F)(F)F)c3)ccc2N2CCC1C2. The van der Waals surface area contributed by atoms with Crippen LogP contribution in [0.25, 0.3) is 11.3 Å². The molecule has 1 aromatic carbocycles. The highest BCUT2D eigenvalue weighted by Gasteiger charge is 2.40. The Morgan fingerprint density at radius 1 is 1.19 bits per heavy atom. The molecule has 4 heterocycles. The summed E-state index contributed by atoms with van der Waals surface area (Å²) in [5.74, 6) is 0.606. The number of hydrogen-bond acceptors (Lipinski definition) is 7. The van der Waals surface area contributed by atoms with Gasteiger partial charge in [-0.15, -0.1) is 0 Å². The first-order chi connectivity index (χ1) is 17.3. The van der Waals surface area contributed by atoms with Crippen LogP contribution in [0.4, 0.5) is 35.3 Å². The van der Waals surface area contributed by atoms with Crippen molar-refractivity contribution < 1.29 is 27.8 Å². The Bertz CT molecular complexity index is 1270. The number of ether oxygens (including phenoxy) is 1. The number of rotatable bonds is 6. The maximum absolute atomic E-state index is 13.4.